The van der Waals surface area contributed by atoms with E-state index in [9.17, 15) is 13.2 Å². The Hall–Kier alpha value is -3.20. The van der Waals surface area contributed by atoms with Crippen LogP contribution in [0.4, 0.5) is 0 Å². The zero-order chi connectivity index (χ0) is 19.4. The maximum atomic E-state index is 12.7. The Balaban J connectivity index is 1.70. The fraction of sp³-hybridized carbons (Fsp3) is 0.211. The topological polar surface area (TPSA) is 105 Å². The number of carbonyl (C=O) groups is 1. The van der Waals surface area contributed by atoms with Crippen molar-refractivity contribution < 1.29 is 13.2 Å². The number of hydrogen-bond acceptors (Lipinski definition) is 5. The molecule has 0 spiro atoms. The van der Waals surface area contributed by atoms with Crippen molar-refractivity contribution in [3.05, 3.63) is 65.2 Å². The van der Waals surface area contributed by atoms with Crippen molar-refractivity contribution in [2.24, 2.45) is 0 Å². The van der Waals surface area contributed by atoms with E-state index < -0.39 is 10.0 Å². The van der Waals surface area contributed by atoms with Crippen molar-refractivity contribution in [2.75, 3.05) is 26.2 Å². The molecule has 2 aromatic rings. The first-order chi connectivity index (χ1) is 13.0. The summed E-state index contributed by atoms with van der Waals surface area (Å²) in [5.41, 5.74) is 1.21. The van der Waals surface area contributed by atoms with Gasteiger partial charge in [-0.25, -0.2) is 8.42 Å². The number of carbonyl (C=O) groups excluding carboxylic acids is 1. The van der Waals surface area contributed by atoms with Crippen LogP contribution < -0.4 is 0 Å². The summed E-state index contributed by atoms with van der Waals surface area (Å²) in [6, 6.07) is 16.2. The number of rotatable bonds is 3. The fourth-order valence-corrected chi connectivity index (χ4v) is 4.31. The predicted octanol–water partition coefficient (Wildman–Crippen LogP) is 1.58. The highest BCUT2D eigenvalue weighted by Crippen LogP contribution is 2.19. The SMILES string of the molecule is N#Cc1ccc(S(=O)(=O)N2CCN(C(=O)c3cccc(C#N)c3)CC2)cc1. The second-order valence-electron chi connectivity index (χ2n) is 6.03. The van der Waals surface area contributed by atoms with E-state index in [1.165, 1.54) is 34.6 Å². The van der Waals surface area contributed by atoms with Crippen molar-refractivity contribution >= 4 is 15.9 Å². The summed E-state index contributed by atoms with van der Waals surface area (Å²) in [5, 5.41) is 17.8. The largest absolute Gasteiger partial charge is 0.336 e. The highest BCUT2D eigenvalue weighted by Gasteiger charge is 2.30. The monoisotopic (exact) mass is 380 g/mol. The van der Waals surface area contributed by atoms with Crippen molar-refractivity contribution in [1.29, 1.82) is 10.5 Å². The minimum Gasteiger partial charge on any atom is -0.336 e. The van der Waals surface area contributed by atoms with E-state index in [4.69, 9.17) is 10.5 Å². The average Bonchev–Trinajstić information content (AvgIpc) is 2.73. The minimum atomic E-state index is -3.67. The van der Waals surface area contributed by atoms with Crippen LogP contribution in [0.15, 0.2) is 53.4 Å². The normalized spacial score (nSPS) is 15.0. The van der Waals surface area contributed by atoms with Gasteiger partial charge in [0.1, 0.15) is 0 Å². The van der Waals surface area contributed by atoms with Gasteiger partial charge in [-0.1, -0.05) is 6.07 Å². The molecule has 136 valence electrons. The third-order valence-corrected chi connectivity index (χ3v) is 6.30. The standard InChI is InChI=1S/C19H16N4O3S/c20-13-15-4-6-18(7-5-15)27(25,26)23-10-8-22(9-11-23)19(24)17-3-1-2-16(12-17)14-21/h1-7,12H,8-11H2. The first-order valence-corrected chi connectivity index (χ1v) is 9.69. The number of piperazine rings is 1. The number of nitriles is 2. The Morgan fingerprint density at radius 2 is 1.52 bits per heavy atom. The molecule has 0 saturated carbocycles. The first kappa shape index (κ1) is 18.6. The number of nitrogens with zero attached hydrogens (tertiary/aromatic N) is 4. The van der Waals surface area contributed by atoms with Gasteiger partial charge in [-0.15, -0.1) is 0 Å². The van der Waals surface area contributed by atoms with E-state index in [0.717, 1.165) is 0 Å². The Morgan fingerprint density at radius 3 is 2.11 bits per heavy atom. The van der Waals surface area contributed by atoms with E-state index in [1.54, 1.807) is 23.1 Å². The van der Waals surface area contributed by atoms with Gasteiger partial charge in [-0.3, -0.25) is 4.79 Å². The molecular formula is C19H16N4O3S. The minimum absolute atomic E-state index is 0.128. The Labute approximate surface area is 157 Å². The molecule has 3 rings (SSSR count). The molecule has 8 heteroatoms. The second kappa shape index (κ2) is 7.58. The first-order valence-electron chi connectivity index (χ1n) is 8.25. The summed E-state index contributed by atoms with van der Waals surface area (Å²) in [6.07, 6.45) is 0. The van der Waals surface area contributed by atoms with E-state index in [2.05, 4.69) is 0 Å². The molecule has 1 amide bonds. The average molecular weight is 380 g/mol. The second-order valence-corrected chi connectivity index (χ2v) is 7.96. The molecule has 1 aliphatic heterocycles. The van der Waals surface area contributed by atoms with Crippen LogP contribution in [0.5, 0.6) is 0 Å². The van der Waals surface area contributed by atoms with Gasteiger partial charge in [-0.2, -0.15) is 14.8 Å². The zero-order valence-corrected chi connectivity index (χ0v) is 15.2. The van der Waals surface area contributed by atoms with E-state index in [-0.39, 0.29) is 37.0 Å². The van der Waals surface area contributed by atoms with Crippen molar-refractivity contribution in [3.63, 3.8) is 0 Å². The van der Waals surface area contributed by atoms with Gasteiger partial charge < -0.3 is 4.90 Å². The summed E-state index contributed by atoms with van der Waals surface area (Å²) in [7, 11) is -3.67. The van der Waals surface area contributed by atoms with Crippen LogP contribution in [0.25, 0.3) is 0 Å². The van der Waals surface area contributed by atoms with Gasteiger partial charge in [0.05, 0.1) is 28.2 Å². The van der Waals surface area contributed by atoms with Crippen LogP contribution in [-0.4, -0.2) is 49.7 Å². The lowest BCUT2D eigenvalue weighted by Crippen LogP contribution is -2.50. The molecule has 0 aromatic heterocycles. The summed E-state index contributed by atoms with van der Waals surface area (Å²) in [6.45, 7) is 0.911. The van der Waals surface area contributed by atoms with Gasteiger partial charge in [-0.05, 0) is 42.5 Å². The summed E-state index contributed by atoms with van der Waals surface area (Å²) < 4.78 is 26.8. The van der Waals surface area contributed by atoms with Crippen LogP contribution in [0, 0.1) is 22.7 Å². The van der Waals surface area contributed by atoms with E-state index in [0.29, 0.717) is 16.7 Å². The third kappa shape index (κ3) is 3.82. The molecule has 1 aliphatic rings. The van der Waals surface area contributed by atoms with E-state index in [1.807, 2.05) is 12.1 Å². The number of sulfonamides is 1. The summed E-state index contributed by atoms with van der Waals surface area (Å²) in [4.78, 5) is 14.3. The van der Waals surface area contributed by atoms with Gasteiger partial charge in [0, 0.05) is 31.7 Å². The Kier molecular flexibility index (Phi) is 5.22. The zero-order valence-electron chi connectivity index (χ0n) is 14.4. The lowest BCUT2D eigenvalue weighted by molar-refractivity contribution is 0.0698. The molecule has 1 heterocycles. The van der Waals surface area contributed by atoms with Crippen molar-refractivity contribution in [1.82, 2.24) is 9.21 Å². The maximum absolute atomic E-state index is 12.7. The van der Waals surface area contributed by atoms with Crippen LogP contribution in [0.2, 0.25) is 0 Å². The third-order valence-electron chi connectivity index (χ3n) is 4.39. The summed E-state index contributed by atoms with van der Waals surface area (Å²) >= 11 is 0. The van der Waals surface area contributed by atoms with Crippen LogP contribution in [0.1, 0.15) is 21.5 Å². The number of benzene rings is 2. The molecule has 0 N–H and O–H groups in total. The molecule has 1 fully saturated rings. The van der Waals surface area contributed by atoms with Crippen LogP contribution >= 0.6 is 0 Å². The number of amides is 1. The molecule has 0 unspecified atom stereocenters. The molecular weight excluding hydrogens is 364 g/mol. The highest BCUT2D eigenvalue weighted by atomic mass is 32.2. The molecule has 1 saturated heterocycles. The lowest BCUT2D eigenvalue weighted by Gasteiger charge is -2.34. The molecule has 0 bridgehead atoms. The van der Waals surface area contributed by atoms with Gasteiger partial charge >= 0.3 is 0 Å². The lowest BCUT2D eigenvalue weighted by atomic mass is 10.1. The van der Waals surface area contributed by atoms with Gasteiger partial charge in [0.15, 0.2) is 0 Å². The molecule has 7 nitrogen and oxygen atoms in total. The maximum Gasteiger partial charge on any atom is 0.253 e. The molecule has 0 aliphatic carbocycles. The van der Waals surface area contributed by atoms with Crippen LogP contribution in [0.3, 0.4) is 0 Å². The fourth-order valence-electron chi connectivity index (χ4n) is 2.89. The quantitative estimate of drug-likeness (QED) is 0.804. The molecule has 27 heavy (non-hydrogen) atoms. The molecule has 2 aromatic carbocycles. The van der Waals surface area contributed by atoms with Gasteiger partial charge in [0.2, 0.25) is 10.0 Å². The Bertz CT molecular complexity index is 1040. The van der Waals surface area contributed by atoms with E-state index >= 15 is 0 Å². The highest BCUT2D eigenvalue weighted by molar-refractivity contribution is 7.89. The molecule has 0 atom stereocenters. The van der Waals surface area contributed by atoms with Crippen molar-refractivity contribution in [3.8, 4) is 12.1 Å². The Morgan fingerprint density at radius 1 is 0.889 bits per heavy atom. The summed E-state index contributed by atoms with van der Waals surface area (Å²) in [5.74, 6) is -0.220. The molecule has 0 radical (unpaired) electrons. The smallest absolute Gasteiger partial charge is 0.253 e. The predicted molar refractivity (Wildman–Crippen MR) is 97.0 cm³/mol. The van der Waals surface area contributed by atoms with Gasteiger partial charge in [0.25, 0.3) is 5.91 Å². The van der Waals surface area contributed by atoms with Crippen molar-refractivity contribution in [2.45, 2.75) is 4.90 Å². The van der Waals surface area contributed by atoms with Crippen LogP contribution in [-0.2, 0) is 10.0 Å². The number of hydrogen-bond donors (Lipinski definition) is 0.